The maximum absolute atomic E-state index is 12.9. The Morgan fingerprint density at radius 2 is 1.50 bits per heavy atom. The van der Waals surface area contributed by atoms with Crippen molar-refractivity contribution in [3.63, 3.8) is 0 Å². The van der Waals surface area contributed by atoms with Crippen molar-refractivity contribution in [2.24, 2.45) is 0 Å². The Hall–Kier alpha value is -0.380. The molecular weight excluding hydrogens is 279 g/mol. The van der Waals surface area contributed by atoms with Crippen molar-refractivity contribution >= 4 is 13.6 Å². The third-order valence-electron chi connectivity index (χ3n) is 2.87. The summed E-state index contributed by atoms with van der Waals surface area (Å²) in [6, 6.07) is 0. The standard InChI is InChI=1S/C14H29O5P/c1-5-9-11-18-20(16,19-12-10-6-2)13(7-3)14(15)17-8-4/h13H,5-12H2,1-4H3. The van der Waals surface area contributed by atoms with Crippen molar-refractivity contribution < 1.29 is 23.1 Å². The second-order valence-corrected chi connectivity index (χ2v) is 6.81. The maximum atomic E-state index is 12.9. The van der Waals surface area contributed by atoms with Crippen LogP contribution in [-0.4, -0.2) is 31.4 Å². The summed E-state index contributed by atoms with van der Waals surface area (Å²) in [5.74, 6) is -0.494. The molecule has 0 aliphatic carbocycles. The molecule has 0 bridgehead atoms. The zero-order valence-electron chi connectivity index (χ0n) is 13.2. The highest BCUT2D eigenvalue weighted by atomic mass is 31.2. The summed E-state index contributed by atoms with van der Waals surface area (Å²) in [6.45, 7) is 8.51. The highest BCUT2D eigenvalue weighted by Crippen LogP contribution is 2.55. The monoisotopic (exact) mass is 308 g/mol. The Kier molecular flexibility index (Phi) is 11.1. The van der Waals surface area contributed by atoms with Crippen LogP contribution in [0.3, 0.4) is 0 Å². The molecule has 0 aliphatic rings. The molecule has 0 spiro atoms. The first-order valence-corrected chi connectivity index (χ1v) is 9.22. The summed E-state index contributed by atoms with van der Waals surface area (Å²) in [7, 11) is -3.45. The molecule has 0 rings (SSSR count). The quantitative estimate of drug-likeness (QED) is 0.308. The van der Waals surface area contributed by atoms with Crippen LogP contribution in [0.1, 0.15) is 59.8 Å². The van der Waals surface area contributed by atoms with E-state index < -0.39 is 19.2 Å². The summed E-state index contributed by atoms with van der Waals surface area (Å²) in [5.41, 5.74) is -0.823. The fourth-order valence-corrected chi connectivity index (χ4v) is 3.63. The molecule has 0 amide bonds. The molecule has 20 heavy (non-hydrogen) atoms. The van der Waals surface area contributed by atoms with Crippen LogP contribution in [0.5, 0.6) is 0 Å². The molecule has 6 heteroatoms. The molecule has 0 aromatic carbocycles. The number of unbranched alkanes of at least 4 members (excludes halogenated alkanes) is 2. The minimum absolute atomic E-state index is 0.263. The van der Waals surface area contributed by atoms with Gasteiger partial charge in [0.2, 0.25) is 0 Å². The van der Waals surface area contributed by atoms with Crippen LogP contribution in [0.15, 0.2) is 0 Å². The molecular formula is C14H29O5P. The molecule has 1 atom stereocenters. The van der Waals surface area contributed by atoms with Crippen molar-refractivity contribution in [3.8, 4) is 0 Å². The second-order valence-electron chi connectivity index (χ2n) is 4.59. The highest BCUT2D eigenvalue weighted by molar-refractivity contribution is 7.55. The first-order chi connectivity index (χ1) is 9.55. The first-order valence-electron chi connectivity index (χ1n) is 7.61. The predicted octanol–water partition coefficient (Wildman–Crippen LogP) is 4.15. The molecule has 0 aliphatic heterocycles. The topological polar surface area (TPSA) is 61.8 Å². The van der Waals surface area contributed by atoms with Gasteiger partial charge < -0.3 is 13.8 Å². The van der Waals surface area contributed by atoms with Gasteiger partial charge >= 0.3 is 13.6 Å². The fourth-order valence-electron chi connectivity index (χ4n) is 1.65. The van der Waals surface area contributed by atoms with Crippen molar-refractivity contribution in [1.82, 2.24) is 0 Å². The zero-order chi connectivity index (χ0) is 15.4. The summed E-state index contributed by atoms with van der Waals surface area (Å²) in [5, 5.41) is 0. The number of carbonyl (C=O) groups excluding carboxylic acids is 1. The third kappa shape index (κ3) is 6.87. The molecule has 0 heterocycles. The Morgan fingerprint density at radius 3 is 1.85 bits per heavy atom. The largest absolute Gasteiger partial charge is 0.465 e. The van der Waals surface area contributed by atoms with Gasteiger partial charge in [0.1, 0.15) is 0 Å². The molecule has 0 saturated heterocycles. The highest BCUT2D eigenvalue weighted by Gasteiger charge is 2.41. The Labute approximate surface area is 122 Å². The van der Waals surface area contributed by atoms with Crippen LogP contribution in [-0.2, 0) is 23.1 Å². The lowest BCUT2D eigenvalue weighted by molar-refractivity contribution is -0.143. The maximum Gasteiger partial charge on any atom is 0.344 e. The van der Waals surface area contributed by atoms with Gasteiger partial charge in [-0.25, -0.2) is 0 Å². The number of hydrogen-bond acceptors (Lipinski definition) is 5. The average Bonchev–Trinajstić information content (AvgIpc) is 2.40. The minimum atomic E-state index is -3.45. The van der Waals surface area contributed by atoms with Crippen LogP contribution in [0, 0.1) is 0 Å². The lowest BCUT2D eigenvalue weighted by Gasteiger charge is -2.24. The lowest BCUT2D eigenvalue weighted by Crippen LogP contribution is -2.25. The molecule has 1 unspecified atom stereocenters. The van der Waals surface area contributed by atoms with Crippen LogP contribution in [0.25, 0.3) is 0 Å². The Morgan fingerprint density at radius 1 is 1.00 bits per heavy atom. The third-order valence-corrected chi connectivity index (χ3v) is 5.29. The molecule has 5 nitrogen and oxygen atoms in total. The number of esters is 1. The van der Waals surface area contributed by atoms with E-state index in [9.17, 15) is 9.36 Å². The SMILES string of the molecule is CCCCOP(=O)(OCCCC)C(CC)C(=O)OCC. The van der Waals surface area contributed by atoms with E-state index in [4.69, 9.17) is 13.8 Å². The molecule has 0 N–H and O–H groups in total. The summed E-state index contributed by atoms with van der Waals surface area (Å²) >= 11 is 0. The fraction of sp³-hybridized carbons (Fsp3) is 0.929. The van der Waals surface area contributed by atoms with Gasteiger partial charge in [-0.3, -0.25) is 9.36 Å². The number of rotatable bonds is 12. The van der Waals surface area contributed by atoms with E-state index in [1.165, 1.54) is 0 Å². The van der Waals surface area contributed by atoms with Crippen LogP contribution >= 0.6 is 7.60 Å². The first kappa shape index (κ1) is 19.6. The normalized spacial score (nSPS) is 13.2. The van der Waals surface area contributed by atoms with E-state index in [0.29, 0.717) is 19.6 Å². The molecule has 120 valence electrons. The summed E-state index contributed by atoms with van der Waals surface area (Å²) in [4.78, 5) is 11.9. The van der Waals surface area contributed by atoms with Gasteiger partial charge in [-0.05, 0) is 26.2 Å². The Bertz CT molecular complexity index is 292. The molecule has 0 saturated carbocycles. The summed E-state index contributed by atoms with van der Waals surface area (Å²) in [6.07, 6.45) is 3.84. The van der Waals surface area contributed by atoms with Gasteiger partial charge in [-0.1, -0.05) is 33.6 Å². The van der Waals surface area contributed by atoms with Crippen LogP contribution in [0.2, 0.25) is 0 Å². The van der Waals surface area contributed by atoms with Crippen molar-refractivity contribution in [2.75, 3.05) is 19.8 Å². The zero-order valence-corrected chi connectivity index (χ0v) is 14.1. The van der Waals surface area contributed by atoms with E-state index in [0.717, 1.165) is 25.7 Å². The predicted molar refractivity (Wildman–Crippen MR) is 80.0 cm³/mol. The lowest BCUT2D eigenvalue weighted by atomic mass is 10.3. The summed E-state index contributed by atoms with van der Waals surface area (Å²) < 4.78 is 28.8. The minimum Gasteiger partial charge on any atom is -0.465 e. The average molecular weight is 308 g/mol. The van der Waals surface area contributed by atoms with Gasteiger partial charge in [-0.2, -0.15) is 0 Å². The number of hydrogen-bond donors (Lipinski definition) is 0. The van der Waals surface area contributed by atoms with Gasteiger partial charge in [0.25, 0.3) is 0 Å². The van der Waals surface area contributed by atoms with E-state index in [2.05, 4.69) is 0 Å². The van der Waals surface area contributed by atoms with Crippen LogP contribution < -0.4 is 0 Å². The smallest absolute Gasteiger partial charge is 0.344 e. The Balaban J connectivity index is 4.83. The van der Waals surface area contributed by atoms with E-state index in [1.807, 2.05) is 13.8 Å². The number of carbonyl (C=O) groups is 1. The van der Waals surface area contributed by atoms with Gasteiger partial charge in [-0.15, -0.1) is 0 Å². The molecule has 0 fully saturated rings. The van der Waals surface area contributed by atoms with Crippen molar-refractivity contribution in [2.45, 2.75) is 65.5 Å². The van der Waals surface area contributed by atoms with Crippen LogP contribution in [0.4, 0.5) is 0 Å². The van der Waals surface area contributed by atoms with E-state index >= 15 is 0 Å². The molecule has 0 aromatic rings. The number of ether oxygens (including phenoxy) is 1. The van der Waals surface area contributed by atoms with Gasteiger partial charge in [0, 0.05) is 0 Å². The van der Waals surface area contributed by atoms with Crippen molar-refractivity contribution in [3.05, 3.63) is 0 Å². The van der Waals surface area contributed by atoms with E-state index in [-0.39, 0.29) is 6.61 Å². The second kappa shape index (κ2) is 11.3. The van der Waals surface area contributed by atoms with E-state index in [1.54, 1.807) is 13.8 Å². The van der Waals surface area contributed by atoms with Gasteiger partial charge in [0.05, 0.1) is 19.8 Å². The van der Waals surface area contributed by atoms with Crippen molar-refractivity contribution in [1.29, 1.82) is 0 Å². The van der Waals surface area contributed by atoms with Gasteiger partial charge in [0.15, 0.2) is 5.66 Å². The molecule has 0 aromatic heterocycles. The molecule has 0 radical (unpaired) electrons.